The van der Waals surface area contributed by atoms with Crippen molar-refractivity contribution in [3.05, 3.63) is 100 Å². The Morgan fingerprint density at radius 2 is 1.86 bits per heavy atom. The second-order valence-electron chi connectivity index (χ2n) is 13.1. The molecule has 7 rings (SSSR count). The number of piperidine rings is 1. The van der Waals surface area contributed by atoms with Gasteiger partial charge in [-0.05, 0) is 92.9 Å². The van der Waals surface area contributed by atoms with Gasteiger partial charge in [0.2, 0.25) is 0 Å². The molecule has 4 aliphatic rings. The first-order valence-electron chi connectivity index (χ1n) is 15.9. The number of rotatable bonds is 5. The van der Waals surface area contributed by atoms with Crippen molar-refractivity contribution in [3.8, 4) is 17.6 Å². The van der Waals surface area contributed by atoms with Crippen LogP contribution in [0.25, 0.3) is 0 Å². The van der Waals surface area contributed by atoms with Crippen LogP contribution in [0.15, 0.2) is 66.7 Å². The first-order valence-corrected chi connectivity index (χ1v) is 15.9. The molecule has 2 fully saturated rings. The lowest BCUT2D eigenvalue weighted by Gasteiger charge is -2.65. The maximum Gasteiger partial charge on any atom is 0.303 e. The molecule has 0 radical (unpaired) electrons. The highest BCUT2D eigenvalue weighted by atomic mass is 16.6. The third-order valence-electron chi connectivity index (χ3n) is 10.9. The Bertz CT molecular complexity index is 1690. The maximum absolute atomic E-state index is 13.6. The predicted octanol–water partition coefficient (Wildman–Crippen LogP) is 5.15. The van der Waals surface area contributed by atoms with Crippen molar-refractivity contribution in [1.29, 1.82) is 0 Å². The van der Waals surface area contributed by atoms with Crippen LogP contribution < -0.4 is 4.74 Å². The number of likely N-dealkylation sites (N-methyl/N-ethyl adjacent to an activating group) is 1. The molecule has 0 N–H and O–H groups in total. The Kier molecular flexibility index (Phi) is 7.05. The molecule has 0 aromatic heterocycles. The molecule has 2 aliphatic heterocycles. The number of esters is 1. The fourth-order valence-corrected chi connectivity index (χ4v) is 8.77. The number of benzene rings is 3. The number of nitrogens with zero attached hydrogens (tertiary/aromatic N) is 2. The van der Waals surface area contributed by atoms with Crippen molar-refractivity contribution < 1.29 is 19.1 Å². The summed E-state index contributed by atoms with van der Waals surface area (Å²) in [5, 5.41) is 0. The summed E-state index contributed by atoms with van der Waals surface area (Å²) in [6, 6.07) is 22.8. The first-order chi connectivity index (χ1) is 21.2. The van der Waals surface area contributed by atoms with E-state index in [9.17, 15) is 9.59 Å². The van der Waals surface area contributed by atoms with Crippen molar-refractivity contribution in [2.24, 2.45) is 0 Å². The second-order valence-corrected chi connectivity index (χ2v) is 13.1. The molecule has 2 heterocycles. The van der Waals surface area contributed by atoms with Gasteiger partial charge in [-0.1, -0.05) is 54.5 Å². The standard InChI is InChI=1S/C38H40N2O4/c1-25-13-14-29(23-26(25)2)15-16-34(42)39(4)31-17-19-38(44-27(3)41)33-24-30-11-8-12-32-35(30)37(38,36(31)43-32)20-22-40(33)21-18-28-9-6-5-7-10-28/h5-14,23,31,33,36H,17-22,24H2,1-4H3/t31-,33+,36-,37-,38+/m0/s1. The number of carbonyl (C=O) groups is 2. The van der Waals surface area contributed by atoms with Gasteiger partial charge in [-0.15, -0.1) is 0 Å². The molecule has 1 saturated carbocycles. The Morgan fingerprint density at radius 3 is 2.64 bits per heavy atom. The smallest absolute Gasteiger partial charge is 0.303 e. The lowest BCUT2D eigenvalue weighted by Crippen LogP contribution is -2.79. The van der Waals surface area contributed by atoms with Gasteiger partial charge in [0.1, 0.15) is 17.5 Å². The first kappa shape index (κ1) is 28.7. The quantitative estimate of drug-likeness (QED) is 0.305. The molecule has 226 valence electrons. The topological polar surface area (TPSA) is 59.1 Å². The monoisotopic (exact) mass is 588 g/mol. The van der Waals surface area contributed by atoms with Crippen LogP contribution in [0.2, 0.25) is 0 Å². The van der Waals surface area contributed by atoms with Crippen molar-refractivity contribution >= 4 is 11.9 Å². The minimum atomic E-state index is -0.733. The third kappa shape index (κ3) is 4.36. The van der Waals surface area contributed by atoms with Crippen LogP contribution >= 0.6 is 0 Å². The van der Waals surface area contributed by atoms with Gasteiger partial charge in [-0.3, -0.25) is 14.5 Å². The van der Waals surface area contributed by atoms with Crippen molar-refractivity contribution in [1.82, 2.24) is 9.80 Å². The molecule has 5 atom stereocenters. The predicted molar refractivity (Wildman–Crippen MR) is 169 cm³/mol. The lowest BCUT2D eigenvalue weighted by molar-refractivity contribution is -0.223. The van der Waals surface area contributed by atoms with Gasteiger partial charge >= 0.3 is 5.97 Å². The van der Waals surface area contributed by atoms with Crippen LogP contribution in [0.5, 0.6) is 5.75 Å². The SMILES string of the molecule is CC(=O)O[C@@]12CC[C@H](N(C)C(=O)C#Cc3ccc(C)c(C)c3)[C@@H]3Oc4cccc5c4[C@@]31CCN(CCc1ccccc1)[C@@H]2C5. The number of hydrogen-bond acceptors (Lipinski definition) is 5. The van der Waals surface area contributed by atoms with E-state index >= 15 is 0 Å². The highest BCUT2D eigenvalue weighted by Gasteiger charge is 2.75. The molecule has 0 unspecified atom stereocenters. The van der Waals surface area contributed by atoms with E-state index in [2.05, 4.69) is 73.1 Å². The number of hydrogen-bond donors (Lipinski definition) is 0. The Labute approximate surface area is 260 Å². The number of carbonyl (C=O) groups excluding carboxylic acids is 2. The van der Waals surface area contributed by atoms with E-state index in [0.717, 1.165) is 49.2 Å². The number of ether oxygens (including phenoxy) is 2. The van der Waals surface area contributed by atoms with Crippen LogP contribution in [-0.2, 0) is 32.6 Å². The molecule has 3 aromatic carbocycles. The van der Waals surface area contributed by atoms with E-state index in [-0.39, 0.29) is 30.1 Å². The molecule has 1 spiro atoms. The van der Waals surface area contributed by atoms with Crippen LogP contribution in [0.4, 0.5) is 0 Å². The van der Waals surface area contributed by atoms with Crippen LogP contribution in [-0.4, -0.2) is 65.6 Å². The summed E-state index contributed by atoms with van der Waals surface area (Å²) >= 11 is 0. The van der Waals surface area contributed by atoms with Gasteiger partial charge in [0.15, 0.2) is 0 Å². The summed E-state index contributed by atoms with van der Waals surface area (Å²) < 4.78 is 13.5. The van der Waals surface area contributed by atoms with Gasteiger partial charge in [-0.25, -0.2) is 0 Å². The average molecular weight is 589 g/mol. The van der Waals surface area contributed by atoms with Gasteiger partial charge < -0.3 is 14.4 Å². The van der Waals surface area contributed by atoms with E-state index < -0.39 is 11.0 Å². The highest BCUT2D eigenvalue weighted by molar-refractivity contribution is 5.94. The third-order valence-corrected chi connectivity index (χ3v) is 10.9. The van der Waals surface area contributed by atoms with E-state index in [4.69, 9.17) is 9.47 Å². The van der Waals surface area contributed by atoms with Crippen LogP contribution in [0.1, 0.15) is 59.6 Å². The van der Waals surface area contributed by atoms with E-state index in [1.165, 1.54) is 29.2 Å². The summed E-state index contributed by atoms with van der Waals surface area (Å²) in [6.07, 6.45) is 3.55. The average Bonchev–Trinajstić information content (AvgIpc) is 3.36. The summed E-state index contributed by atoms with van der Waals surface area (Å²) in [4.78, 5) is 30.9. The molecule has 3 aromatic rings. The van der Waals surface area contributed by atoms with Crippen molar-refractivity contribution in [3.63, 3.8) is 0 Å². The largest absolute Gasteiger partial charge is 0.487 e. The number of amides is 1. The minimum absolute atomic E-state index is 0.0299. The van der Waals surface area contributed by atoms with Crippen LogP contribution in [0.3, 0.4) is 0 Å². The molecular weight excluding hydrogens is 548 g/mol. The van der Waals surface area contributed by atoms with E-state index in [0.29, 0.717) is 12.8 Å². The van der Waals surface area contributed by atoms with Crippen LogP contribution in [0, 0.1) is 25.7 Å². The van der Waals surface area contributed by atoms with Gasteiger partial charge in [-0.2, -0.15) is 0 Å². The summed E-state index contributed by atoms with van der Waals surface area (Å²) in [5.74, 6) is 6.38. The molecule has 1 amide bonds. The highest BCUT2D eigenvalue weighted by Crippen LogP contribution is 2.65. The van der Waals surface area contributed by atoms with Crippen molar-refractivity contribution in [2.75, 3.05) is 20.1 Å². The molecular formula is C38H40N2O4. The number of likely N-dealkylation sites (tertiary alicyclic amines) is 1. The summed E-state index contributed by atoms with van der Waals surface area (Å²) in [7, 11) is 1.85. The number of aryl methyl sites for hydroxylation is 2. The van der Waals surface area contributed by atoms with Gasteiger partial charge in [0, 0.05) is 37.6 Å². The van der Waals surface area contributed by atoms with Crippen molar-refractivity contribution in [2.45, 2.75) is 82.1 Å². The summed E-state index contributed by atoms with van der Waals surface area (Å²) in [5.41, 5.74) is 5.69. The molecule has 1 saturated heterocycles. The maximum atomic E-state index is 13.6. The fraction of sp³-hybridized carbons (Fsp3) is 0.421. The summed E-state index contributed by atoms with van der Waals surface area (Å²) in [6.45, 7) is 7.43. The fourth-order valence-electron chi connectivity index (χ4n) is 8.77. The Morgan fingerprint density at radius 1 is 1.05 bits per heavy atom. The van der Waals surface area contributed by atoms with E-state index in [1.807, 2.05) is 31.3 Å². The second kappa shape index (κ2) is 10.8. The normalized spacial score (nSPS) is 27.8. The zero-order chi connectivity index (χ0) is 30.6. The Balaban J connectivity index is 1.25. The molecule has 6 heteroatoms. The molecule has 6 nitrogen and oxygen atoms in total. The lowest BCUT2D eigenvalue weighted by atomic mass is 9.48. The molecule has 44 heavy (non-hydrogen) atoms. The molecule has 2 bridgehead atoms. The zero-order valence-corrected chi connectivity index (χ0v) is 26.1. The minimum Gasteiger partial charge on any atom is -0.487 e. The zero-order valence-electron chi connectivity index (χ0n) is 26.1. The van der Waals surface area contributed by atoms with Gasteiger partial charge in [0.05, 0.1) is 17.5 Å². The van der Waals surface area contributed by atoms with Gasteiger partial charge in [0.25, 0.3) is 5.91 Å². The Hall–Kier alpha value is -4.08. The van der Waals surface area contributed by atoms with E-state index in [1.54, 1.807) is 4.90 Å². The molecule has 2 aliphatic carbocycles.